The van der Waals surface area contributed by atoms with Gasteiger partial charge in [-0.25, -0.2) is 8.42 Å². The van der Waals surface area contributed by atoms with E-state index in [0.717, 1.165) is 19.3 Å². The van der Waals surface area contributed by atoms with Gasteiger partial charge < -0.3 is 0 Å². The normalized spacial score (nSPS) is 18.6. The summed E-state index contributed by atoms with van der Waals surface area (Å²) in [4.78, 5) is 0.0890. The Morgan fingerprint density at radius 1 is 1.38 bits per heavy atom. The van der Waals surface area contributed by atoms with E-state index < -0.39 is 10.0 Å². The van der Waals surface area contributed by atoms with Crippen LogP contribution in [0, 0.1) is 16.7 Å². The summed E-state index contributed by atoms with van der Waals surface area (Å²) >= 11 is 6.05. The van der Waals surface area contributed by atoms with Crippen LogP contribution in [0.2, 0.25) is 5.02 Å². The van der Waals surface area contributed by atoms with E-state index in [1.165, 1.54) is 22.5 Å². The first-order chi connectivity index (χ1) is 9.88. The highest BCUT2D eigenvalue weighted by molar-refractivity contribution is 7.89. The molecule has 1 aliphatic rings. The molecule has 1 heterocycles. The monoisotopic (exact) mass is 326 g/mol. The fraction of sp³-hybridized carbons (Fsp3) is 0.533. The molecule has 0 radical (unpaired) electrons. The van der Waals surface area contributed by atoms with Crippen molar-refractivity contribution in [3.63, 3.8) is 0 Å². The summed E-state index contributed by atoms with van der Waals surface area (Å²) in [6, 6.07) is 6.27. The summed E-state index contributed by atoms with van der Waals surface area (Å²) in [6.45, 7) is 5.28. The number of hydrogen-bond donors (Lipinski definition) is 0. The number of nitriles is 1. The molecule has 21 heavy (non-hydrogen) atoms. The van der Waals surface area contributed by atoms with Gasteiger partial charge in [0.15, 0.2) is 0 Å². The third kappa shape index (κ3) is 2.94. The van der Waals surface area contributed by atoms with E-state index in [-0.39, 0.29) is 15.3 Å². The van der Waals surface area contributed by atoms with Gasteiger partial charge in [-0.3, -0.25) is 0 Å². The van der Waals surface area contributed by atoms with Gasteiger partial charge in [-0.05, 0) is 42.9 Å². The van der Waals surface area contributed by atoms with Crippen molar-refractivity contribution in [1.29, 1.82) is 5.26 Å². The van der Waals surface area contributed by atoms with Crippen molar-refractivity contribution in [3.05, 3.63) is 28.8 Å². The highest BCUT2D eigenvalue weighted by Gasteiger charge is 2.41. The maximum atomic E-state index is 12.7. The fourth-order valence-corrected chi connectivity index (χ4v) is 4.92. The molecule has 0 atom stereocenters. The molecule has 1 saturated heterocycles. The lowest BCUT2D eigenvalue weighted by Crippen LogP contribution is -2.32. The van der Waals surface area contributed by atoms with Gasteiger partial charge in [0.2, 0.25) is 10.0 Å². The van der Waals surface area contributed by atoms with Crippen LogP contribution in [0.4, 0.5) is 0 Å². The highest BCUT2D eigenvalue weighted by atomic mass is 35.5. The molecule has 0 saturated carbocycles. The lowest BCUT2D eigenvalue weighted by Gasteiger charge is -2.26. The molecular formula is C15H19ClN2O2S. The molecule has 0 aliphatic carbocycles. The third-order valence-corrected chi connectivity index (χ3v) is 6.91. The third-order valence-electron chi connectivity index (χ3n) is 4.58. The van der Waals surface area contributed by atoms with E-state index >= 15 is 0 Å². The molecule has 1 aromatic carbocycles. The van der Waals surface area contributed by atoms with Gasteiger partial charge in [0.1, 0.15) is 4.90 Å². The maximum absolute atomic E-state index is 12.7. The van der Waals surface area contributed by atoms with Gasteiger partial charge in [-0.15, -0.1) is 0 Å². The topological polar surface area (TPSA) is 61.2 Å². The molecule has 1 aliphatic heterocycles. The Balaban J connectivity index is 2.34. The Bertz CT molecular complexity index is 675. The summed E-state index contributed by atoms with van der Waals surface area (Å²) in [7, 11) is -3.59. The summed E-state index contributed by atoms with van der Waals surface area (Å²) in [5, 5.41) is 8.94. The number of nitrogens with zero attached hydrogens (tertiary/aromatic N) is 2. The number of hydrogen-bond acceptors (Lipinski definition) is 3. The van der Waals surface area contributed by atoms with Gasteiger partial charge in [-0.1, -0.05) is 25.4 Å². The van der Waals surface area contributed by atoms with Crippen molar-refractivity contribution < 1.29 is 8.42 Å². The Morgan fingerprint density at radius 2 is 2.05 bits per heavy atom. The van der Waals surface area contributed by atoms with Gasteiger partial charge in [0.05, 0.1) is 16.7 Å². The van der Waals surface area contributed by atoms with Crippen LogP contribution in [0.5, 0.6) is 0 Å². The van der Waals surface area contributed by atoms with Crippen LogP contribution in [0.1, 0.15) is 38.7 Å². The van der Waals surface area contributed by atoms with Gasteiger partial charge in [0, 0.05) is 13.1 Å². The van der Waals surface area contributed by atoms with E-state index in [9.17, 15) is 8.42 Å². The second-order valence-corrected chi connectivity index (χ2v) is 7.87. The standard InChI is InChI=1S/C15H19ClN2O2S/c1-3-15(4-2)7-8-18(11-15)21(19,20)14-6-5-12(10-17)9-13(14)16/h5-6,9H,3-4,7-8,11H2,1-2H3. The lowest BCUT2D eigenvalue weighted by atomic mass is 9.82. The summed E-state index contributed by atoms with van der Waals surface area (Å²) < 4.78 is 27.0. The predicted molar refractivity (Wildman–Crippen MR) is 82.6 cm³/mol. The molecule has 1 aromatic rings. The second kappa shape index (κ2) is 5.96. The van der Waals surface area contributed by atoms with Crippen molar-refractivity contribution in [2.75, 3.05) is 13.1 Å². The highest BCUT2D eigenvalue weighted by Crippen LogP contribution is 2.40. The lowest BCUT2D eigenvalue weighted by molar-refractivity contribution is 0.279. The maximum Gasteiger partial charge on any atom is 0.244 e. The van der Waals surface area contributed by atoms with Crippen LogP contribution in [-0.4, -0.2) is 25.8 Å². The molecule has 0 spiro atoms. The van der Waals surface area contributed by atoms with Crippen molar-refractivity contribution in [2.24, 2.45) is 5.41 Å². The first kappa shape index (κ1) is 16.3. The Hall–Kier alpha value is -1.09. The molecule has 0 unspecified atom stereocenters. The SMILES string of the molecule is CCC1(CC)CCN(S(=O)(=O)c2ccc(C#N)cc2Cl)C1. The molecule has 6 heteroatoms. The van der Waals surface area contributed by atoms with E-state index in [0.29, 0.717) is 18.7 Å². The smallest absolute Gasteiger partial charge is 0.207 e. The zero-order chi connectivity index (χ0) is 15.7. The summed E-state index contributed by atoms with van der Waals surface area (Å²) in [6.07, 6.45) is 2.82. The van der Waals surface area contributed by atoms with Crippen LogP contribution < -0.4 is 0 Å². The molecule has 1 fully saturated rings. The van der Waals surface area contributed by atoms with Crippen LogP contribution in [-0.2, 0) is 10.0 Å². The second-order valence-electron chi connectivity index (χ2n) is 5.55. The summed E-state index contributed by atoms with van der Waals surface area (Å²) in [5.74, 6) is 0. The van der Waals surface area contributed by atoms with Gasteiger partial charge in [-0.2, -0.15) is 9.57 Å². The average molecular weight is 327 g/mol. The molecule has 4 nitrogen and oxygen atoms in total. The van der Waals surface area contributed by atoms with Crippen LogP contribution >= 0.6 is 11.6 Å². The van der Waals surface area contributed by atoms with E-state index in [4.69, 9.17) is 16.9 Å². The zero-order valence-corrected chi connectivity index (χ0v) is 13.8. The van der Waals surface area contributed by atoms with Crippen LogP contribution in [0.3, 0.4) is 0 Å². The van der Waals surface area contributed by atoms with Crippen molar-refractivity contribution >= 4 is 21.6 Å². The molecule has 0 aromatic heterocycles. The molecule has 2 rings (SSSR count). The van der Waals surface area contributed by atoms with Crippen molar-refractivity contribution in [3.8, 4) is 6.07 Å². The first-order valence-electron chi connectivity index (χ1n) is 7.08. The number of sulfonamides is 1. The van der Waals surface area contributed by atoms with Gasteiger partial charge >= 0.3 is 0 Å². The zero-order valence-electron chi connectivity index (χ0n) is 12.3. The molecular weight excluding hydrogens is 308 g/mol. The Morgan fingerprint density at radius 3 is 2.52 bits per heavy atom. The average Bonchev–Trinajstić information content (AvgIpc) is 2.92. The minimum atomic E-state index is -3.59. The predicted octanol–water partition coefficient (Wildman–Crippen LogP) is 3.41. The van der Waals surface area contributed by atoms with Crippen LogP contribution in [0.25, 0.3) is 0 Å². The van der Waals surface area contributed by atoms with Gasteiger partial charge in [0.25, 0.3) is 0 Å². The molecule has 0 amide bonds. The Kier molecular flexibility index (Phi) is 4.62. The van der Waals surface area contributed by atoms with Crippen LogP contribution in [0.15, 0.2) is 23.1 Å². The quantitative estimate of drug-likeness (QED) is 0.851. The summed E-state index contributed by atoms with van der Waals surface area (Å²) in [5.41, 5.74) is 0.434. The van der Waals surface area contributed by atoms with E-state index in [1.807, 2.05) is 6.07 Å². The van der Waals surface area contributed by atoms with E-state index in [2.05, 4.69) is 13.8 Å². The first-order valence-corrected chi connectivity index (χ1v) is 8.90. The van der Waals surface area contributed by atoms with E-state index in [1.54, 1.807) is 0 Å². The molecule has 114 valence electrons. The number of rotatable bonds is 4. The minimum absolute atomic E-state index is 0.0755. The molecule has 0 N–H and O–H groups in total. The molecule has 0 bridgehead atoms. The number of halogens is 1. The fourth-order valence-electron chi connectivity index (χ4n) is 2.85. The minimum Gasteiger partial charge on any atom is -0.207 e. The largest absolute Gasteiger partial charge is 0.244 e. The Labute approximate surface area is 131 Å². The van der Waals surface area contributed by atoms with Crippen molar-refractivity contribution in [1.82, 2.24) is 4.31 Å². The van der Waals surface area contributed by atoms with Crippen molar-refractivity contribution in [2.45, 2.75) is 38.0 Å². The number of benzene rings is 1.